The molecule has 1 saturated heterocycles. The molecule has 1 atom stereocenters. The van der Waals surface area contributed by atoms with Crippen LogP contribution in [0.4, 0.5) is 0 Å². The summed E-state index contributed by atoms with van der Waals surface area (Å²) in [5.41, 5.74) is 0. The van der Waals surface area contributed by atoms with E-state index in [9.17, 15) is 0 Å². The van der Waals surface area contributed by atoms with Crippen LogP contribution in [-0.2, 0) is 4.74 Å². The fourth-order valence-electron chi connectivity index (χ4n) is 1.89. The van der Waals surface area contributed by atoms with Gasteiger partial charge in [-0.2, -0.15) is 4.98 Å². The van der Waals surface area contributed by atoms with E-state index in [1.807, 2.05) is 6.92 Å². The van der Waals surface area contributed by atoms with Crippen molar-refractivity contribution in [1.29, 1.82) is 0 Å². The summed E-state index contributed by atoms with van der Waals surface area (Å²) in [5.74, 6) is 2.26. The van der Waals surface area contributed by atoms with Crippen molar-refractivity contribution in [2.24, 2.45) is 0 Å². The Morgan fingerprint density at radius 1 is 1.44 bits per heavy atom. The molecule has 96 valence electrons. The third-order valence-electron chi connectivity index (χ3n) is 2.82. The average Bonchev–Trinajstić information content (AvgIpc) is 3.10. The lowest BCUT2D eigenvalue weighted by Gasteiger charge is -1.97. The second kappa shape index (κ2) is 4.81. The first-order valence-electron chi connectivity index (χ1n) is 6.01. The van der Waals surface area contributed by atoms with E-state index in [1.54, 1.807) is 12.1 Å². The van der Waals surface area contributed by atoms with Crippen molar-refractivity contribution >= 4 is 0 Å². The minimum absolute atomic E-state index is 0.226. The van der Waals surface area contributed by atoms with Crippen molar-refractivity contribution in [2.75, 3.05) is 19.8 Å². The molecule has 6 heteroatoms. The van der Waals surface area contributed by atoms with Crippen molar-refractivity contribution in [3.05, 3.63) is 18.0 Å². The van der Waals surface area contributed by atoms with Crippen molar-refractivity contribution in [1.82, 2.24) is 10.1 Å². The third-order valence-corrected chi connectivity index (χ3v) is 2.82. The molecular formula is C12H14N2O4. The zero-order chi connectivity index (χ0) is 12.4. The van der Waals surface area contributed by atoms with Gasteiger partial charge in [-0.3, -0.25) is 0 Å². The van der Waals surface area contributed by atoms with Crippen LogP contribution in [0.1, 0.15) is 25.1 Å². The van der Waals surface area contributed by atoms with E-state index >= 15 is 0 Å². The average molecular weight is 250 g/mol. The highest BCUT2D eigenvalue weighted by Gasteiger charge is 2.24. The van der Waals surface area contributed by atoms with Crippen LogP contribution in [-0.4, -0.2) is 30.0 Å². The number of ether oxygens (including phenoxy) is 2. The molecule has 0 radical (unpaired) electrons. The van der Waals surface area contributed by atoms with Crippen LogP contribution in [0.25, 0.3) is 11.7 Å². The van der Waals surface area contributed by atoms with Crippen LogP contribution in [0.15, 0.2) is 21.1 Å². The number of rotatable bonds is 4. The summed E-state index contributed by atoms with van der Waals surface area (Å²) in [6.45, 7) is 3.86. The molecular weight excluding hydrogens is 236 g/mol. The summed E-state index contributed by atoms with van der Waals surface area (Å²) >= 11 is 0. The number of furan rings is 1. The lowest BCUT2D eigenvalue weighted by atomic mass is 10.1. The van der Waals surface area contributed by atoms with Crippen LogP contribution >= 0.6 is 0 Å². The number of hydrogen-bond acceptors (Lipinski definition) is 6. The molecule has 1 fully saturated rings. The molecule has 0 saturated carbocycles. The van der Waals surface area contributed by atoms with Gasteiger partial charge in [-0.05, 0) is 19.4 Å². The molecule has 0 unspecified atom stereocenters. The summed E-state index contributed by atoms with van der Waals surface area (Å²) in [6.07, 6.45) is 0.932. The van der Waals surface area contributed by atoms with Gasteiger partial charge in [-0.15, -0.1) is 0 Å². The Labute approximate surface area is 104 Å². The minimum Gasteiger partial charge on any atom is -0.465 e. The normalized spacial score (nSPS) is 19.3. The predicted octanol–water partition coefficient (Wildman–Crippen LogP) is 2.23. The van der Waals surface area contributed by atoms with Gasteiger partial charge in [0, 0.05) is 18.6 Å². The molecule has 1 aliphatic rings. The van der Waals surface area contributed by atoms with Crippen molar-refractivity contribution in [3.63, 3.8) is 0 Å². The number of nitrogens with zero attached hydrogens (tertiary/aromatic N) is 2. The van der Waals surface area contributed by atoms with Gasteiger partial charge < -0.3 is 18.4 Å². The molecule has 0 aromatic carbocycles. The molecule has 0 N–H and O–H groups in total. The van der Waals surface area contributed by atoms with Gasteiger partial charge in [0.1, 0.15) is 0 Å². The SMILES string of the molecule is CCOc1ccc(-c2nc([C@@H]3CCOC3)no2)o1. The Kier molecular flexibility index (Phi) is 3.02. The van der Waals surface area contributed by atoms with Gasteiger partial charge in [0.05, 0.1) is 13.2 Å². The highest BCUT2D eigenvalue weighted by molar-refractivity contribution is 5.45. The highest BCUT2D eigenvalue weighted by Crippen LogP contribution is 2.28. The van der Waals surface area contributed by atoms with Gasteiger partial charge in [0.2, 0.25) is 0 Å². The molecule has 0 aliphatic carbocycles. The molecule has 0 bridgehead atoms. The lowest BCUT2D eigenvalue weighted by Crippen LogP contribution is -1.99. The summed E-state index contributed by atoms with van der Waals surface area (Å²) in [4.78, 5) is 4.33. The zero-order valence-corrected chi connectivity index (χ0v) is 10.1. The molecule has 0 spiro atoms. The van der Waals surface area contributed by atoms with E-state index < -0.39 is 0 Å². The lowest BCUT2D eigenvalue weighted by molar-refractivity contribution is 0.192. The van der Waals surface area contributed by atoms with Crippen LogP contribution in [0.5, 0.6) is 5.95 Å². The Hall–Kier alpha value is -1.82. The monoisotopic (exact) mass is 250 g/mol. The Morgan fingerprint density at radius 2 is 2.39 bits per heavy atom. The van der Waals surface area contributed by atoms with E-state index in [-0.39, 0.29) is 5.92 Å². The van der Waals surface area contributed by atoms with Gasteiger partial charge in [0.25, 0.3) is 11.8 Å². The second-order valence-electron chi connectivity index (χ2n) is 4.07. The summed E-state index contributed by atoms with van der Waals surface area (Å²) in [5, 5.41) is 3.96. The molecule has 1 aliphatic heterocycles. The van der Waals surface area contributed by atoms with Gasteiger partial charge in [-0.25, -0.2) is 0 Å². The highest BCUT2D eigenvalue weighted by atomic mass is 16.6. The molecule has 6 nitrogen and oxygen atoms in total. The smallest absolute Gasteiger partial charge is 0.293 e. The maximum atomic E-state index is 5.44. The van der Waals surface area contributed by atoms with Gasteiger partial charge >= 0.3 is 0 Å². The van der Waals surface area contributed by atoms with E-state index in [1.165, 1.54) is 0 Å². The summed E-state index contributed by atoms with van der Waals surface area (Å²) in [7, 11) is 0. The fourth-order valence-corrected chi connectivity index (χ4v) is 1.89. The second-order valence-corrected chi connectivity index (χ2v) is 4.07. The quantitative estimate of drug-likeness (QED) is 0.828. The topological polar surface area (TPSA) is 70.5 Å². The summed E-state index contributed by atoms with van der Waals surface area (Å²) < 4.78 is 21.2. The summed E-state index contributed by atoms with van der Waals surface area (Å²) in [6, 6.07) is 3.49. The van der Waals surface area contributed by atoms with Crippen LogP contribution in [0.3, 0.4) is 0 Å². The molecule has 18 heavy (non-hydrogen) atoms. The first kappa shape index (κ1) is 11.3. The van der Waals surface area contributed by atoms with Gasteiger partial charge in [0.15, 0.2) is 11.6 Å². The van der Waals surface area contributed by atoms with Crippen molar-refractivity contribution < 1.29 is 18.4 Å². The first-order chi connectivity index (χ1) is 8.86. The molecule has 3 heterocycles. The van der Waals surface area contributed by atoms with Crippen LogP contribution in [0.2, 0.25) is 0 Å². The fraction of sp³-hybridized carbons (Fsp3) is 0.500. The molecule has 2 aromatic rings. The molecule has 0 amide bonds. The largest absolute Gasteiger partial charge is 0.465 e. The van der Waals surface area contributed by atoms with E-state index in [0.29, 0.717) is 36.6 Å². The Balaban J connectivity index is 1.78. The first-order valence-corrected chi connectivity index (χ1v) is 6.01. The van der Waals surface area contributed by atoms with Crippen LogP contribution < -0.4 is 4.74 Å². The van der Waals surface area contributed by atoms with Crippen molar-refractivity contribution in [3.8, 4) is 17.6 Å². The van der Waals surface area contributed by atoms with E-state index in [4.69, 9.17) is 18.4 Å². The van der Waals surface area contributed by atoms with Crippen LogP contribution in [0, 0.1) is 0 Å². The predicted molar refractivity (Wildman–Crippen MR) is 61.3 cm³/mol. The van der Waals surface area contributed by atoms with Gasteiger partial charge in [-0.1, -0.05) is 5.16 Å². The van der Waals surface area contributed by atoms with E-state index in [2.05, 4.69) is 10.1 Å². The Morgan fingerprint density at radius 3 is 3.17 bits per heavy atom. The minimum atomic E-state index is 0.226. The zero-order valence-electron chi connectivity index (χ0n) is 10.1. The standard InChI is InChI=1S/C12H14N2O4/c1-2-16-10-4-3-9(17-10)12-13-11(14-18-12)8-5-6-15-7-8/h3-4,8H,2,5-7H2,1H3/t8-/m1/s1. The third kappa shape index (κ3) is 2.11. The molecule has 2 aromatic heterocycles. The van der Waals surface area contributed by atoms with Crippen molar-refractivity contribution in [2.45, 2.75) is 19.3 Å². The Bertz CT molecular complexity index is 514. The number of hydrogen-bond donors (Lipinski definition) is 0. The maximum absolute atomic E-state index is 5.44. The number of aromatic nitrogens is 2. The maximum Gasteiger partial charge on any atom is 0.293 e. The van der Waals surface area contributed by atoms with E-state index in [0.717, 1.165) is 13.0 Å². The molecule has 3 rings (SSSR count).